The third-order valence-electron chi connectivity index (χ3n) is 12.1. The fourth-order valence-electron chi connectivity index (χ4n) is 9.27. The first-order valence-electron chi connectivity index (χ1n) is 20.7. The van der Waals surface area contributed by atoms with Gasteiger partial charge in [-0.05, 0) is 79.5 Å². The van der Waals surface area contributed by atoms with Crippen molar-refractivity contribution in [2.75, 3.05) is 0 Å². The highest BCUT2D eigenvalue weighted by molar-refractivity contribution is 7.32. The third kappa shape index (κ3) is 5.63. The van der Waals surface area contributed by atoms with E-state index in [2.05, 4.69) is 48.5 Å². The molecular weight excluding hydrogens is 839 g/mol. The molecule has 64 heavy (non-hydrogen) atoms. The Morgan fingerprint density at radius 2 is 0.625 bits per heavy atom. The third-order valence-corrected chi connectivity index (χ3v) is 14.2. The molecule has 0 saturated carbocycles. The summed E-state index contributed by atoms with van der Waals surface area (Å²) < 4.78 is 39.8. The highest BCUT2D eigenvalue weighted by Gasteiger charge is 2.36. The summed E-state index contributed by atoms with van der Waals surface area (Å²) in [5, 5.41) is 11.7. The van der Waals surface area contributed by atoms with Crippen LogP contribution < -0.4 is 9.05 Å². The maximum absolute atomic E-state index is 15.0. The van der Waals surface area contributed by atoms with Crippen LogP contribution in [-0.4, -0.2) is 11.6 Å². The second-order valence-corrected chi connectivity index (χ2v) is 17.6. The van der Waals surface area contributed by atoms with Crippen LogP contribution in [0.1, 0.15) is 31.8 Å². The van der Waals surface area contributed by atoms with Gasteiger partial charge in [0.25, 0.3) is 0 Å². The number of hydrogen-bond donors (Lipinski definition) is 0. The van der Waals surface area contributed by atoms with E-state index in [1.54, 1.807) is 36.4 Å². The largest absolute Gasteiger partial charge is 0.453 e. The van der Waals surface area contributed by atoms with Crippen molar-refractivity contribution in [2.45, 2.75) is 0 Å². The summed E-state index contributed by atoms with van der Waals surface area (Å²) in [7, 11) is -4.41. The predicted molar refractivity (Wildman–Crippen MR) is 254 cm³/mol. The van der Waals surface area contributed by atoms with E-state index in [1.165, 1.54) is 0 Å². The lowest BCUT2D eigenvalue weighted by atomic mass is 9.83. The average Bonchev–Trinajstić information content (AvgIpc) is 3.61. The van der Waals surface area contributed by atoms with Crippen molar-refractivity contribution in [1.82, 2.24) is 0 Å². The van der Waals surface area contributed by atoms with Gasteiger partial charge in [0.05, 0.1) is 11.1 Å². The van der Waals surface area contributed by atoms with Gasteiger partial charge >= 0.3 is 16.5 Å². The zero-order chi connectivity index (χ0) is 42.5. The van der Waals surface area contributed by atoms with Gasteiger partial charge in [0.1, 0.15) is 33.8 Å². The second kappa shape index (κ2) is 14.3. The van der Waals surface area contributed by atoms with Gasteiger partial charge in [0.15, 0.2) is 5.78 Å². The van der Waals surface area contributed by atoms with E-state index < -0.39 is 22.3 Å². The summed E-state index contributed by atoms with van der Waals surface area (Å²) in [6.07, 6.45) is 0. The number of carbonyl (C=O) groups is 2. The van der Waals surface area contributed by atoms with Gasteiger partial charge in [-0.25, -0.2) is 0 Å². The molecule has 0 radical (unpaired) electrons. The van der Waals surface area contributed by atoms with Crippen molar-refractivity contribution in [2.24, 2.45) is 0 Å². The zero-order valence-corrected chi connectivity index (χ0v) is 35.3. The SMILES string of the molecule is O=C1c2cccc(Op3oc4ccc5ccccc5c4c4c(ccc5ccccc54)o3)c2C(=O)c2c(Op3oc4ccc5ccccc5c4c4c(ccc5ccccc54)o3)cccc21. The summed E-state index contributed by atoms with van der Waals surface area (Å²) in [5.74, 6) is -0.527. The van der Waals surface area contributed by atoms with Crippen LogP contribution in [0.2, 0.25) is 0 Å². The maximum atomic E-state index is 15.0. The average molecular weight is 869 g/mol. The molecule has 0 N–H and O–H groups in total. The van der Waals surface area contributed by atoms with Crippen LogP contribution >= 0.6 is 16.5 Å². The number of fused-ring (bicyclic) bond motifs is 16. The van der Waals surface area contributed by atoms with E-state index in [0.29, 0.717) is 22.3 Å². The summed E-state index contributed by atoms with van der Waals surface area (Å²) in [5.41, 5.74) is 2.85. The Morgan fingerprint density at radius 3 is 0.953 bits per heavy atom. The molecule has 304 valence electrons. The van der Waals surface area contributed by atoms with Crippen LogP contribution in [0, 0.1) is 0 Å². The molecule has 1 aliphatic rings. The van der Waals surface area contributed by atoms with E-state index in [4.69, 9.17) is 25.8 Å². The number of ketones is 2. The molecule has 8 nitrogen and oxygen atoms in total. The standard InChI is InChI=1S/C54H30O8P2/c55-53-39-19-9-21-41(57-63-59-43-27-23-31-11-1-5-15-35(31)47(43)48-36-16-6-2-12-32(36)24-28-44(48)60-63)51(39)54(56)52-40(53)20-10-22-42(52)58-64-61-45-29-25-33-13-3-7-17-37(33)49(45)50-38-18-8-4-14-34(38)26-30-46(50)62-64/h1-30H. The van der Waals surface area contributed by atoms with Crippen molar-refractivity contribution in [1.29, 1.82) is 0 Å². The van der Waals surface area contributed by atoms with Crippen molar-refractivity contribution >= 4 is 115 Å². The molecule has 2 heterocycles. The van der Waals surface area contributed by atoms with E-state index in [9.17, 15) is 4.79 Å². The summed E-state index contributed by atoms with van der Waals surface area (Å²) >= 11 is 0. The Hall–Kier alpha value is -8.02. The molecule has 0 atom stereocenters. The minimum Gasteiger partial charge on any atom is -0.390 e. The normalized spacial score (nSPS) is 12.4. The molecule has 0 amide bonds. The molecule has 0 saturated heterocycles. The first-order valence-corrected chi connectivity index (χ1v) is 22.9. The fourth-order valence-corrected chi connectivity index (χ4v) is 11.4. The van der Waals surface area contributed by atoms with Crippen molar-refractivity contribution < 1.29 is 35.4 Å². The van der Waals surface area contributed by atoms with Gasteiger partial charge in [0, 0.05) is 32.7 Å². The second-order valence-electron chi connectivity index (χ2n) is 15.6. The molecule has 1 aliphatic carbocycles. The molecule has 0 bridgehead atoms. The molecule has 2 aromatic heterocycles. The van der Waals surface area contributed by atoms with Crippen molar-refractivity contribution in [3.8, 4) is 11.5 Å². The number of carbonyl (C=O) groups excluding carboxylic acids is 2. The Bertz CT molecular complexity index is 3640. The van der Waals surface area contributed by atoms with Gasteiger partial charge in [-0.1, -0.05) is 146 Å². The molecule has 12 aromatic rings. The lowest BCUT2D eigenvalue weighted by molar-refractivity contribution is 0.0976. The lowest BCUT2D eigenvalue weighted by Gasteiger charge is -2.21. The fraction of sp³-hybridized carbons (Fsp3) is 0. The molecular formula is C54H30O8P2. The minimum absolute atomic E-state index is 0.0802. The van der Waals surface area contributed by atoms with Gasteiger partial charge in [-0.2, -0.15) is 0 Å². The first kappa shape index (κ1) is 36.6. The van der Waals surface area contributed by atoms with Crippen LogP contribution in [0.5, 0.6) is 11.5 Å². The van der Waals surface area contributed by atoms with E-state index in [-0.39, 0.29) is 39.5 Å². The lowest BCUT2D eigenvalue weighted by Crippen LogP contribution is -2.22. The zero-order valence-electron chi connectivity index (χ0n) is 33.5. The topological polar surface area (TPSA) is 105 Å². The van der Waals surface area contributed by atoms with E-state index >= 15 is 4.79 Å². The maximum Gasteiger partial charge on any atom is 0.453 e. The van der Waals surface area contributed by atoms with Gasteiger partial charge < -0.3 is 25.8 Å². The van der Waals surface area contributed by atoms with Crippen LogP contribution in [0.25, 0.3) is 87.0 Å². The molecule has 0 spiro atoms. The number of rotatable bonds is 4. The molecule has 0 aliphatic heterocycles. The van der Waals surface area contributed by atoms with Gasteiger partial charge in [-0.15, -0.1) is 0 Å². The van der Waals surface area contributed by atoms with Gasteiger partial charge in [-0.3, -0.25) is 9.59 Å². The summed E-state index contributed by atoms with van der Waals surface area (Å²) in [6, 6.07) is 58.3. The van der Waals surface area contributed by atoms with Crippen LogP contribution in [0.3, 0.4) is 0 Å². The monoisotopic (exact) mass is 868 g/mol. The quantitative estimate of drug-likeness (QED) is 0.172. The van der Waals surface area contributed by atoms with Crippen LogP contribution in [-0.2, 0) is 0 Å². The van der Waals surface area contributed by atoms with E-state index in [0.717, 1.165) is 64.6 Å². The van der Waals surface area contributed by atoms with Crippen molar-refractivity contribution in [3.63, 3.8) is 0 Å². The molecule has 13 rings (SSSR count). The number of benzene rings is 10. The molecule has 0 fully saturated rings. The van der Waals surface area contributed by atoms with Crippen molar-refractivity contribution in [3.05, 3.63) is 204 Å². The Balaban J connectivity index is 0.968. The first-order chi connectivity index (χ1) is 31.6. The molecule has 10 heteroatoms. The Labute approximate surface area is 364 Å². The summed E-state index contributed by atoms with van der Waals surface area (Å²) in [4.78, 5) is 29.5. The predicted octanol–water partition coefficient (Wildman–Crippen LogP) is 16.0. The van der Waals surface area contributed by atoms with Crippen LogP contribution in [0.15, 0.2) is 199 Å². The van der Waals surface area contributed by atoms with Gasteiger partial charge in [0.2, 0.25) is 5.78 Å². The summed E-state index contributed by atoms with van der Waals surface area (Å²) in [6.45, 7) is 0. The Kier molecular flexibility index (Phi) is 8.16. The van der Waals surface area contributed by atoms with E-state index in [1.807, 2.05) is 97.1 Å². The van der Waals surface area contributed by atoms with Crippen LogP contribution in [0.4, 0.5) is 0 Å². The highest BCUT2D eigenvalue weighted by Crippen LogP contribution is 2.47. The highest BCUT2D eigenvalue weighted by atomic mass is 31.1. The number of hydrogen-bond acceptors (Lipinski definition) is 8. The molecule has 0 unspecified atom stereocenters. The molecule has 10 aromatic carbocycles. The minimum atomic E-state index is -2.21. The Morgan fingerprint density at radius 1 is 0.312 bits per heavy atom. The smallest absolute Gasteiger partial charge is 0.390 e.